The van der Waals surface area contributed by atoms with Crippen molar-refractivity contribution >= 4 is 50.2 Å². The van der Waals surface area contributed by atoms with E-state index in [-0.39, 0.29) is 5.91 Å². The average Bonchev–Trinajstić information content (AvgIpc) is 3.12. The van der Waals surface area contributed by atoms with E-state index in [1.54, 1.807) is 49.6 Å². The van der Waals surface area contributed by atoms with E-state index in [1.165, 1.54) is 4.80 Å². The van der Waals surface area contributed by atoms with E-state index < -0.39 is 0 Å². The molecule has 4 aromatic rings. The Kier molecular flexibility index (Phi) is 5.02. The Labute approximate surface area is 174 Å². The molecule has 6 nitrogen and oxygen atoms in total. The van der Waals surface area contributed by atoms with Gasteiger partial charge in [-0.25, -0.2) is 0 Å². The monoisotopic (exact) mass is 456 g/mol. The Hall–Kier alpha value is -2.90. The molecule has 8 heteroatoms. The molecular formula is C20H14BrClN4O2. The lowest BCUT2D eigenvalue weighted by molar-refractivity contribution is 0.102. The van der Waals surface area contributed by atoms with Crippen LogP contribution in [-0.4, -0.2) is 28.0 Å². The van der Waals surface area contributed by atoms with Gasteiger partial charge in [0.05, 0.1) is 17.8 Å². The van der Waals surface area contributed by atoms with Gasteiger partial charge in [0.15, 0.2) is 0 Å². The summed E-state index contributed by atoms with van der Waals surface area (Å²) in [7, 11) is 1.56. The van der Waals surface area contributed by atoms with E-state index >= 15 is 0 Å². The first-order valence-corrected chi connectivity index (χ1v) is 9.48. The van der Waals surface area contributed by atoms with Crippen molar-refractivity contribution in [2.24, 2.45) is 0 Å². The van der Waals surface area contributed by atoms with Crippen LogP contribution in [0.5, 0.6) is 5.75 Å². The zero-order valence-electron chi connectivity index (χ0n) is 14.7. The number of amides is 1. The first-order valence-electron chi connectivity index (χ1n) is 8.31. The van der Waals surface area contributed by atoms with Crippen molar-refractivity contribution < 1.29 is 9.53 Å². The summed E-state index contributed by atoms with van der Waals surface area (Å²) in [6.07, 6.45) is 0. The molecule has 1 amide bonds. The van der Waals surface area contributed by atoms with Gasteiger partial charge in [-0.15, -0.1) is 10.2 Å². The number of halogens is 2. The smallest absolute Gasteiger partial charge is 0.255 e. The fourth-order valence-corrected chi connectivity index (χ4v) is 3.21. The number of rotatable bonds is 4. The summed E-state index contributed by atoms with van der Waals surface area (Å²) in [6.45, 7) is 0. The summed E-state index contributed by atoms with van der Waals surface area (Å²) in [5, 5.41) is 12.3. The van der Waals surface area contributed by atoms with Gasteiger partial charge >= 0.3 is 0 Å². The third-order valence-corrected chi connectivity index (χ3v) is 4.93. The number of nitrogens with zero attached hydrogens (tertiary/aromatic N) is 3. The zero-order chi connectivity index (χ0) is 19.7. The number of benzene rings is 3. The molecule has 1 heterocycles. The molecule has 0 aliphatic heterocycles. The van der Waals surface area contributed by atoms with Crippen LogP contribution in [0.1, 0.15) is 10.4 Å². The van der Waals surface area contributed by atoms with Gasteiger partial charge in [0.1, 0.15) is 16.8 Å². The highest BCUT2D eigenvalue weighted by Crippen LogP contribution is 2.27. The van der Waals surface area contributed by atoms with E-state index in [2.05, 4.69) is 31.4 Å². The molecule has 0 radical (unpaired) electrons. The molecular weight excluding hydrogens is 444 g/mol. The Morgan fingerprint density at radius 3 is 2.50 bits per heavy atom. The molecule has 1 aromatic heterocycles. The van der Waals surface area contributed by atoms with Gasteiger partial charge in [-0.2, -0.15) is 4.80 Å². The quantitative estimate of drug-likeness (QED) is 0.463. The van der Waals surface area contributed by atoms with Crippen molar-refractivity contribution in [2.45, 2.75) is 0 Å². The zero-order valence-corrected chi connectivity index (χ0v) is 17.0. The molecule has 0 fully saturated rings. The first-order chi connectivity index (χ1) is 13.5. The molecule has 0 bridgehead atoms. The minimum atomic E-state index is -0.193. The number of methoxy groups -OCH3 is 1. The van der Waals surface area contributed by atoms with Crippen molar-refractivity contribution in [3.63, 3.8) is 0 Å². The maximum atomic E-state index is 12.4. The molecule has 0 unspecified atom stereocenters. The largest absolute Gasteiger partial charge is 0.495 e. The van der Waals surface area contributed by atoms with Gasteiger partial charge in [0.2, 0.25) is 0 Å². The summed E-state index contributed by atoms with van der Waals surface area (Å²) >= 11 is 9.54. The van der Waals surface area contributed by atoms with Gasteiger partial charge < -0.3 is 10.1 Å². The maximum Gasteiger partial charge on any atom is 0.255 e. The van der Waals surface area contributed by atoms with Crippen LogP contribution < -0.4 is 10.1 Å². The van der Waals surface area contributed by atoms with E-state index in [4.69, 9.17) is 16.3 Å². The number of carbonyl (C=O) groups is 1. The van der Waals surface area contributed by atoms with Crippen LogP contribution in [0.4, 0.5) is 5.69 Å². The molecule has 4 rings (SSSR count). The number of hydrogen-bond donors (Lipinski definition) is 1. The Bertz CT molecular complexity index is 1170. The lowest BCUT2D eigenvalue weighted by Crippen LogP contribution is -2.11. The number of ether oxygens (including phenoxy) is 1. The van der Waals surface area contributed by atoms with Crippen LogP contribution in [0.3, 0.4) is 0 Å². The molecule has 0 saturated carbocycles. The fourth-order valence-electron chi connectivity index (χ4n) is 2.69. The Morgan fingerprint density at radius 2 is 1.79 bits per heavy atom. The first kappa shape index (κ1) is 18.5. The number of aromatic nitrogens is 3. The van der Waals surface area contributed by atoms with E-state index in [0.29, 0.717) is 38.7 Å². The summed E-state index contributed by atoms with van der Waals surface area (Å²) in [5.41, 5.74) is 3.27. The van der Waals surface area contributed by atoms with E-state index in [1.807, 2.05) is 18.2 Å². The highest BCUT2D eigenvalue weighted by atomic mass is 79.9. The minimum Gasteiger partial charge on any atom is -0.495 e. The van der Waals surface area contributed by atoms with Crippen LogP contribution in [0, 0.1) is 0 Å². The fraction of sp³-hybridized carbons (Fsp3) is 0.0500. The Balaban J connectivity index is 1.60. The SMILES string of the molecule is COc1ccc(-n2nc3ccc(NC(=O)c4ccc(Br)cc4)cc3n2)cc1Cl. The third-order valence-electron chi connectivity index (χ3n) is 4.11. The minimum absolute atomic E-state index is 0.193. The number of carbonyl (C=O) groups excluding carboxylic acids is 1. The van der Waals surface area contributed by atoms with Gasteiger partial charge in [0.25, 0.3) is 5.91 Å². The predicted octanol–water partition coefficient (Wildman–Crippen LogP) is 5.10. The molecule has 0 aliphatic rings. The van der Waals surface area contributed by atoms with Crippen LogP contribution in [0.15, 0.2) is 65.1 Å². The second kappa shape index (κ2) is 7.61. The van der Waals surface area contributed by atoms with Gasteiger partial charge in [-0.3, -0.25) is 4.79 Å². The van der Waals surface area contributed by atoms with Crippen molar-refractivity contribution in [1.29, 1.82) is 0 Å². The maximum absolute atomic E-state index is 12.4. The van der Waals surface area contributed by atoms with Crippen LogP contribution in [-0.2, 0) is 0 Å². The van der Waals surface area contributed by atoms with Gasteiger partial charge in [0, 0.05) is 15.7 Å². The van der Waals surface area contributed by atoms with Crippen molar-refractivity contribution in [1.82, 2.24) is 15.0 Å². The average molecular weight is 458 g/mol. The van der Waals surface area contributed by atoms with Crippen molar-refractivity contribution in [3.05, 3.63) is 75.7 Å². The van der Waals surface area contributed by atoms with Crippen LogP contribution in [0.25, 0.3) is 16.7 Å². The molecule has 0 atom stereocenters. The summed E-state index contributed by atoms with van der Waals surface area (Å²) in [5.74, 6) is 0.390. The predicted molar refractivity (Wildman–Crippen MR) is 113 cm³/mol. The van der Waals surface area contributed by atoms with Crippen molar-refractivity contribution in [2.75, 3.05) is 12.4 Å². The molecule has 140 valence electrons. The molecule has 0 saturated heterocycles. The molecule has 3 aromatic carbocycles. The van der Waals surface area contributed by atoms with Crippen molar-refractivity contribution in [3.8, 4) is 11.4 Å². The normalized spacial score (nSPS) is 10.8. The topological polar surface area (TPSA) is 69.0 Å². The van der Waals surface area contributed by atoms with Gasteiger partial charge in [-0.1, -0.05) is 27.5 Å². The summed E-state index contributed by atoms with van der Waals surface area (Å²) < 4.78 is 6.08. The standard InChI is InChI=1S/C20H14BrClN4O2/c1-28-19-9-7-15(11-16(19)22)26-24-17-8-6-14(10-18(17)25-26)23-20(27)12-2-4-13(21)5-3-12/h2-11H,1H3,(H,23,27). The lowest BCUT2D eigenvalue weighted by atomic mass is 10.2. The lowest BCUT2D eigenvalue weighted by Gasteiger charge is -2.05. The summed E-state index contributed by atoms with van der Waals surface area (Å²) in [6, 6.07) is 17.8. The van der Waals surface area contributed by atoms with Crippen LogP contribution in [0.2, 0.25) is 5.02 Å². The molecule has 0 aliphatic carbocycles. The second-order valence-electron chi connectivity index (χ2n) is 5.97. The highest BCUT2D eigenvalue weighted by Gasteiger charge is 2.10. The van der Waals surface area contributed by atoms with Gasteiger partial charge in [-0.05, 0) is 60.7 Å². The molecule has 28 heavy (non-hydrogen) atoms. The Morgan fingerprint density at radius 1 is 1.04 bits per heavy atom. The number of fused-ring (bicyclic) bond motifs is 1. The third kappa shape index (κ3) is 3.72. The summed E-state index contributed by atoms with van der Waals surface area (Å²) in [4.78, 5) is 13.9. The number of hydrogen-bond acceptors (Lipinski definition) is 4. The molecule has 1 N–H and O–H groups in total. The van der Waals surface area contributed by atoms with E-state index in [0.717, 1.165) is 4.47 Å². The second-order valence-corrected chi connectivity index (χ2v) is 7.30. The van der Waals surface area contributed by atoms with Crippen LogP contribution >= 0.6 is 27.5 Å². The number of nitrogens with one attached hydrogen (secondary N) is 1. The van der Waals surface area contributed by atoms with E-state index in [9.17, 15) is 4.79 Å². The molecule has 0 spiro atoms. The number of anilines is 1. The highest BCUT2D eigenvalue weighted by molar-refractivity contribution is 9.10.